The molecule has 2 aromatic rings. The molecule has 0 bridgehead atoms. The van der Waals surface area contributed by atoms with Gasteiger partial charge in [-0.2, -0.15) is 16.9 Å². The maximum atomic E-state index is 12.6. The monoisotopic (exact) mass is 345 g/mol. The third kappa shape index (κ3) is 3.23. The highest BCUT2D eigenvalue weighted by Gasteiger charge is 2.27. The van der Waals surface area contributed by atoms with E-state index in [1.165, 1.54) is 24.3 Å². The number of aromatic nitrogens is 2. The number of para-hydroxylation sites is 1. The minimum Gasteiger partial charge on any atom is -0.322 e. The maximum Gasteiger partial charge on any atom is 0.321 e. The molecule has 2 aliphatic rings. The first kappa shape index (κ1) is 15.8. The van der Waals surface area contributed by atoms with Crippen molar-refractivity contribution in [1.29, 1.82) is 0 Å². The van der Waals surface area contributed by atoms with E-state index in [-0.39, 0.29) is 6.03 Å². The number of hydrogen-bond donors (Lipinski definition) is 2. The standard InChI is InChI=1S/C17H23N5OS/c23-17(19-15-3-1-2-13-12-18-20-16(13)15)22-8-6-21(7-9-22)14-4-10-24-11-5-14/h1-3,12,14H,4-11H2,(H,18,20)(H,19,23). The van der Waals surface area contributed by atoms with Crippen LogP contribution in [0.2, 0.25) is 0 Å². The fourth-order valence-electron chi connectivity index (χ4n) is 3.61. The SMILES string of the molecule is O=C(Nc1cccc2cn[nH]c12)N1CCN(C2CCSCC2)CC1. The topological polar surface area (TPSA) is 64.3 Å². The van der Waals surface area contributed by atoms with E-state index in [0.717, 1.165) is 48.8 Å². The largest absolute Gasteiger partial charge is 0.322 e. The van der Waals surface area contributed by atoms with Gasteiger partial charge in [-0.05, 0) is 30.4 Å². The number of hydrogen-bond acceptors (Lipinski definition) is 4. The summed E-state index contributed by atoms with van der Waals surface area (Å²) in [6.07, 6.45) is 4.35. The molecule has 2 fully saturated rings. The Morgan fingerprint density at radius 2 is 2.00 bits per heavy atom. The third-order valence-corrected chi connectivity index (χ3v) is 6.08. The van der Waals surface area contributed by atoms with Crippen LogP contribution < -0.4 is 5.32 Å². The zero-order chi connectivity index (χ0) is 16.4. The molecule has 6 nitrogen and oxygen atoms in total. The third-order valence-electron chi connectivity index (χ3n) is 5.03. The molecular formula is C17H23N5OS. The Balaban J connectivity index is 1.35. The number of H-pyrrole nitrogens is 1. The maximum absolute atomic E-state index is 12.6. The number of urea groups is 1. The van der Waals surface area contributed by atoms with Gasteiger partial charge in [0.2, 0.25) is 0 Å². The number of carbonyl (C=O) groups is 1. The predicted octanol–water partition coefficient (Wildman–Crippen LogP) is 2.61. The van der Waals surface area contributed by atoms with Crippen molar-refractivity contribution in [1.82, 2.24) is 20.0 Å². The summed E-state index contributed by atoms with van der Waals surface area (Å²) in [7, 11) is 0. The summed E-state index contributed by atoms with van der Waals surface area (Å²) in [5.41, 5.74) is 1.67. The lowest BCUT2D eigenvalue weighted by Gasteiger charge is -2.40. The minimum absolute atomic E-state index is 0.0176. The number of carbonyl (C=O) groups excluding carboxylic acids is 1. The lowest BCUT2D eigenvalue weighted by atomic mass is 10.1. The van der Waals surface area contributed by atoms with Crippen molar-refractivity contribution >= 4 is 34.4 Å². The molecule has 4 rings (SSSR count). The highest BCUT2D eigenvalue weighted by molar-refractivity contribution is 7.99. The van der Waals surface area contributed by atoms with Gasteiger partial charge in [0.1, 0.15) is 0 Å². The van der Waals surface area contributed by atoms with Crippen molar-refractivity contribution in [3.05, 3.63) is 24.4 Å². The number of benzene rings is 1. The molecule has 0 saturated carbocycles. The van der Waals surface area contributed by atoms with Crippen LogP contribution in [0, 0.1) is 0 Å². The predicted molar refractivity (Wildman–Crippen MR) is 98.6 cm³/mol. The highest BCUT2D eigenvalue weighted by atomic mass is 32.2. The van der Waals surface area contributed by atoms with E-state index in [9.17, 15) is 4.79 Å². The molecule has 2 N–H and O–H groups in total. The molecule has 1 aromatic carbocycles. The van der Waals surface area contributed by atoms with Crippen LogP contribution in [0.4, 0.5) is 10.5 Å². The van der Waals surface area contributed by atoms with Crippen molar-refractivity contribution in [2.75, 3.05) is 43.0 Å². The van der Waals surface area contributed by atoms with Gasteiger partial charge in [0.05, 0.1) is 17.4 Å². The Morgan fingerprint density at radius 3 is 2.79 bits per heavy atom. The van der Waals surface area contributed by atoms with Gasteiger partial charge in [-0.1, -0.05) is 12.1 Å². The van der Waals surface area contributed by atoms with Gasteiger partial charge < -0.3 is 10.2 Å². The number of piperazine rings is 1. The first-order valence-electron chi connectivity index (χ1n) is 8.61. The van der Waals surface area contributed by atoms with Crippen molar-refractivity contribution < 1.29 is 4.79 Å². The molecule has 2 saturated heterocycles. The van der Waals surface area contributed by atoms with E-state index in [0.29, 0.717) is 0 Å². The summed E-state index contributed by atoms with van der Waals surface area (Å²) in [6.45, 7) is 3.57. The molecule has 24 heavy (non-hydrogen) atoms. The molecule has 0 atom stereocenters. The summed E-state index contributed by atoms with van der Waals surface area (Å²) in [5.74, 6) is 2.55. The average Bonchev–Trinajstić information content (AvgIpc) is 3.12. The van der Waals surface area contributed by atoms with Crippen molar-refractivity contribution in [3.63, 3.8) is 0 Å². The lowest BCUT2D eigenvalue weighted by Crippen LogP contribution is -2.53. The zero-order valence-corrected chi connectivity index (χ0v) is 14.5. The van der Waals surface area contributed by atoms with E-state index in [2.05, 4.69) is 32.2 Å². The Labute approximate surface area is 146 Å². The quantitative estimate of drug-likeness (QED) is 0.878. The molecule has 128 valence electrons. The number of fused-ring (bicyclic) bond motifs is 1. The molecule has 0 radical (unpaired) electrons. The van der Waals surface area contributed by atoms with Gasteiger partial charge in [0.15, 0.2) is 0 Å². The minimum atomic E-state index is -0.0176. The van der Waals surface area contributed by atoms with Gasteiger partial charge >= 0.3 is 6.03 Å². The smallest absolute Gasteiger partial charge is 0.321 e. The van der Waals surface area contributed by atoms with Crippen molar-refractivity contribution in [2.24, 2.45) is 0 Å². The second kappa shape index (κ2) is 7.03. The Kier molecular flexibility index (Phi) is 4.62. The van der Waals surface area contributed by atoms with E-state index in [1.807, 2.05) is 23.1 Å². The van der Waals surface area contributed by atoms with E-state index < -0.39 is 0 Å². The number of aromatic amines is 1. The molecule has 1 aromatic heterocycles. The summed E-state index contributed by atoms with van der Waals surface area (Å²) < 4.78 is 0. The van der Waals surface area contributed by atoms with E-state index >= 15 is 0 Å². The average molecular weight is 345 g/mol. The Bertz CT molecular complexity index is 704. The number of nitrogens with zero attached hydrogens (tertiary/aromatic N) is 3. The van der Waals surface area contributed by atoms with Crippen LogP contribution >= 0.6 is 11.8 Å². The van der Waals surface area contributed by atoms with Crippen LogP contribution in [0.25, 0.3) is 10.9 Å². The van der Waals surface area contributed by atoms with Crippen molar-refractivity contribution in [2.45, 2.75) is 18.9 Å². The van der Waals surface area contributed by atoms with Gasteiger partial charge in [0.25, 0.3) is 0 Å². The van der Waals surface area contributed by atoms with Crippen LogP contribution in [-0.4, -0.2) is 69.8 Å². The molecule has 2 aliphatic heterocycles. The number of nitrogens with one attached hydrogen (secondary N) is 2. The molecule has 0 spiro atoms. The van der Waals surface area contributed by atoms with Crippen LogP contribution in [0.15, 0.2) is 24.4 Å². The van der Waals surface area contributed by atoms with Crippen LogP contribution in [-0.2, 0) is 0 Å². The Morgan fingerprint density at radius 1 is 1.21 bits per heavy atom. The molecule has 0 aliphatic carbocycles. The summed E-state index contributed by atoms with van der Waals surface area (Å²) in [4.78, 5) is 17.1. The van der Waals surface area contributed by atoms with E-state index in [1.54, 1.807) is 6.20 Å². The molecule has 3 heterocycles. The summed E-state index contributed by atoms with van der Waals surface area (Å²) in [5, 5.41) is 11.0. The summed E-state index contributed by atoms with van der Waals surface area (Å²) in [6, 6.07) is 6.53. The van der Waals surface area contributed by atoms with Gasteiger partial charge in [-0.25, -0.2) is 4.79 Å². The lowest BCUT2D eigenvalue weighted by molar-refractivity contribution is 0.108. The fraction of sp³-hybridized carbons (Fsp3) is 0.529. The molecular weight excluding hydrogens is 322 g/mol. The second-order valence-electron chi connectivity index (χ2n) is 6.44. The highest BCUT2D eigenvalue weighted by Crippen LogP contribution is 2.24. The Hall–Kier alpha value is -1.73. The van der Waals surface area contributed by atoms with Crippen molar-refractivity contribution in [3.8, 4) is 0 Å². The normalized spacial score (nSPS) is 20.4. The van der Waals surface area contributed by atoms with Gasteiger partial charge in [0, 0.05) is 37.6 Å². The first-order valence-corrected chi connectivity index (χ1v) is 9.76. The molecule has 0 unspecified atom stereocenters. The molecule has 2 amide bonds. The fourth-order valence-corrected chi connectivity index (χ4v) is 4.69. The number of thioether (sulfide) groups is 1. The second-order valence-corrected chi connectivity index (χ2v) is 7.66. The van der Waals surface area contributed by atoms with Gasteiger partial charge in [-0.3, -0.25) is 10.00 Å². The van der Waals surface area contributed by atoms with Crippen LogP contribution in [0.1, 0.15) is 12.8 Å². The number of amides is 2. The first-order chi connectivity index (χ1) is 11.8. The van der Waals surface area contributed by atoms with Crippen LogP contribution in [0.5, 0.6) is 0 Å². The molecule has 7 heteroatoms. The summed E-state index contributed by atoms with van der Waals surface area (Å²) >= 11 is 2.06. The number of rotatable bonds is 2. The number of anilines is 1. The zero-order valence-electron chi connectivity index (χ0n) is 13.7. The van der Waals surface area contributed by atoms with Crippen LogP contribution in [0.3, 0.4) is 0 Å². The van der Waals surface area contributed by atoms with Gasteiger partial charge in [-0.15, -0.1) is 0 Å². The van der Waals surface area contributed by atoms with E-state index in [4.69, 9.17) is 0 Å².